The van der Waals surface area contributed by atoms with Crippen LogP contribution in [0.5, 0.6) is 0 Å². The molecule has 1 saturated heterocycles. The van der Waals surface area contributed by atoms with Gasteiger partial charge in [0, 0.05) is 12.0 Å². The van der Waals surface area contributed by atoms with E-state index in [-0.39, 0.29) is 30.7 Å². The first-order valence-corrected chi connectivity index (χ1v) is 17.5. The number of ether oxygens (including phenoxy) is 2. The Morgan fingerprint density at radius 2 is 1.15 bits per heavy atom. The zero-order chi connectivity index (χ0) is 29.7. The summed E-state index contributed by atoms with van der Waals surface area (Å²) in [5.41, 5.74) is 0.492. The van der Waals surface area contributed by atoms with Gasteiger partial charge in [-0.3, -0.25) is 0 Å². The lowest BCUT2D eigenvalue weighted by Crippen LogP contribution is -2.31. The molecule has 0 saturated carbocycles. The van der Waals surface area contributed by atoms with Crippen LogP contribution in [-0.2, 0) is 14.3 Å². The summed E-state index contributed by atoms with van der Waals surface area (Å²) in [7, 11) is 0. The second-order valence-electron chi connectivity index (χ2n) is 12.9. The molecule has 2 aliphatic rings. The Balaban J connectivity index is 1.37. The summed E-state index contributed by atoms with van der Waals surface area (Å²) >= 11 is 0. The van der Waals surface area contributed by atoms with Gasteiger partial charge in [-0.25, -0.2) is 9.18 Å². The summed E-state index contributed by atoms with van der Waals surface area (Å²) in [5.74, 6) is -0.360. The van der Waals surface area contributed by atoms with Gasteiger partial charge in [-0.05, 0) is 45.1 Å². The zero-order valence-electron chi connectivity index (χ0n) is 26.5. The van der Waals surface area contributed by atoms with E-state index in [9.17, 15) is 19.4 Å². The van der Waals surface area contributed by atoms with Crippen LogP contribution in [0.3, 0.4) is 0 Å². The number of aliphatic hydroxyl groups is 2. The number of hydrogen-bond acceptors (Lipinski definition) is 5. The van der Waals surface area contributed by atoms with Crippen molar-refractivity contribution in [2.45, 2.75) is 205 Å². The number of hydrogen-bond donors (Lipinski definition) is 2. The second-order valence-corrected chi connectivity index (χ2v) is 12.9. The van der Waals surface area contributed by atoms with Gasteiger partial charge >= 0.3 is 5.97 Å². The van der Waals surface area contributed by atoms with Crippen molar-refractivity contribution in [3.05, 3.63) is 11.6 Å². The molecule has 0 amide bonds. The number of unbranched alkanes of at least 4 members (excludes halogenated alkanes) is 16. The van der Waals surface area contributed by atoms with Crippen LogP contribution < -0.4 is 0 Å². The molecular weight excluding hydrogens is 519 g/mol. The Morgan fingerprint density at radius 3 is 1.56 bits per heavy atom. The van der Waals surface area contributed by atoms with Gasteiger partial charge < -0.3 is 19.7 Å². The van der Waals surface area contributed by atoms with Gasteiger partial charge in [-0.2, -0.15) is 0 Å². The number of cyclic esters (lactones) is 1. The fourth-order valence-corrected chi connectivity index (χ4v) is 6.37. The number of rotatable bonds is 26. The average molecular weight is 583 g/mol. The Morgan fingerprint density at radius 1 is 0.732 bits per heavy atom. The van der Waals surface area contributed by atoms with Crippen molar-refractivity contribution in [2.75, 3.05) is 0 Å². The number of alkyl halides is 1. The molecule has 0 unspecified atom stereocenters. The van der Waals surface area contributed by atoms with Crippen molar-refractivity contribution in [3.63, 3.8) is 0 Å². The van der Waals surface area contributed by atoms with Gasteiger partial charge in [0.1, 0.15) is 12.3 Å². The highest BCUT2D eigenvalue weighted by Crippen LogP contribution is 2.28. The van der Waals surface area contributed by atoms with Crippen molar-refractivity contribution in [2.24, 2.45) is 0 Å². The largest absolute Gasteiger partial charge is 0.455 e. The van der Waals surface area contributed by atoms with E-state index in [0.29, 0.717) is 12.0 Å². The number of carbonyl (C=O) groups is 1. The van der Waals surface area contributed by atoms with E-state index in [2.05, 4.69) is 6.92 Å². The lowest BCUT2D eigenvalue weighted by Gasteiger charge is -2.22. The van der Waals surface area contributed by atoms with Gasteiger partial charge in [0.15, 0.2) is 0 Å². The second kappa shape index (κ2) is 22.5. The van der Waals surface area contributed by atoms with E-state index < -0.39 is 18.4 Å². The predicted octanol–water partition coefficient (Wildman–Crippen LogP) is 9.07. The average Bonchev–Trinajstić information content (AvgIpc) is 3.57. The minimum atomic E-state index is -0.961. The molecule has 1 fully saturated rings. The molecule has 6 atom stereocenters. The normalized spacial score (nSPS) is 23.0. The lowest BCUT2D eigenvalue weighted by atomic mass is 10.00. The summed E-state index contributed by atoms with van der Waals surface area (Å²) in [4.78, 5) is 11.6. The molecule has 41 heavy (non-hydrogen) atoms. The van der Waals surface area contributed by atoms with Gasteiger partial charge in [-0.1, -0.05) is 122 Å². The highest BCUT2D eigenvalue weighted by molar-refractivity contribution is 5.90. The fourth-order valence-electron chi connectivity index (χ4n) is 6.37. The Kier molecular flexibility index (Phi) is 19.9. The predicted molar refractivity (Wildman–Crippen MR) is 166 cm³/mol. The molecule has 2 rings (SSSR count). The van der Waals surface area contributed by atoms with Crippen LogP contribution in [0.25, 0.3) is 0 Å². The van der Waals surface area contributed by atoms with E-state index in [1.165, 1.54) is 77.0 Å². The Labute approximate surface area is 251 Å². The van der Waals surface area contributed by atoms with Crippen LogP contribution in [0.4, 0.5) is 4.39 Å². The number of halogens is 1. The van der Waals surface area contributed by atoms with Gasteiger partial charge in [-0.15, -0.1) is 0 Å². The molecule has 0 bridgehead atoms. The maximum Gasteiger partial charge on any atom is 0.334 e. The third kappa shape index (κ3) is 16.4. The van der Waals surface area contributed by atoms with Crippen LogP contribution in [0.2, 0.25) is 0 Å². The molecule has 5 nitrogen and oxygen atoms in total. The fraction of sp³-hybridized carbons (Fsp3) is 0.914. The van der Waals surface area contributed by atoms with Crippen LogP contribution in [-0.4, -0.2) is 52.9 Å². The maximum absolute atomic E-state index is 14.1. The minimum absolute atomic E-state index is 0.110. The van der Waals surface area contributed by atoms with Gasteiger partial charge in [0.05, 0.1) is 24.4 Å². The van der Waals surface area contributed by atoms with E-state index in [1.54, 1.807) is 13.0 Å². The number of esters is 1. The number of carbonyl (C=O) groups excluding carboxylic acids is 1. The summed E-state index contributed by atoms with van der Waals surface area (Å²) < 4.78 is 25.2. The summed E-state index contributed by atoms with van der Waals surface area (Å²) in [5, 5.41) is 21.2. The van der Waals surface area contributed by atoms with E-state index in [1.807, 2.05) is 0 Å². The Bertz CT molecular complexity index is 698. The Hall–Kier alpha value is -0.980. The van der Waals surface area contributed by atoms with E-state index >= 15 is 0 Å². The van der Waals surface area contributed by atoms with Crippen molar-refractivity contribution in [1.82, 2.24) is 0 Å². The number of aliphatic hydroxyl groups excluding tert-OH is 2. The van der Waals surface area contributed by atoms with E-state index in [0.717, 1.165) is 64.2 Å². The zero-order valence-corrected chi connectivity index (χ0v) is 26.5. The lowest BCUT2D eigenvalue weighted by molar-refractivity contribution is -0.139. The van der Waals surface area contributed by atoms with Crippen molar-refractivity contribution in [3.8, 4) is 0 Å². The first kappa shape index (κ1) is 36.2. The third-order valence-corrected chi connectivity index (χ3v) is 9.00. The highest BCUT2D eigenvalue weighted by atomic mass is 19.1. The van der Waals surface area contributed by atoms with E-state index in [4.69, 9.17) is 9.47 Å². The highest BCUT2D eigenvalue weighted by Gasteiger charge is 2.34. The molecule has 240 valence electrons. The molecule has 6 heteroatoms. The molecular formula is C35H63FO5. The first-order valence-electron chi connectivity index (χ1n) is 17.5. The molecule has 2 heterocycles. The SMILES string of the molecule is CCCCCCCCCCCC[C@@H](O)[C@H]1CC[C@H]([C@H](O)CCCCCCCCCC[C@@H](F)CC2=C[C@H](C)OC2=O)O1. The van der Waals surface area contributed by atoms with Gasteiger partial charge in [0.2, 0.25) is 0 Å². The first-order chi connectivity index (χ1) is 19.9. The van der Waals surface area contributed by atoms with Crippen molar-refractivity contribution >= 4 is 5.97 Å². The smallest absolute Gasteiger partial charge is 0.334 e. The van der Waals surface area contributed by atoms with Crippen LogP contribution in [0.1, 0.15) is 168 Å². The summed E-state index contributed by atoms with van der Waals surface area (Å²) in [6, 6.07) is 0. The molecule has 2 aliphatic heterocycles. The summed E-state index contributed by atoms with van der Waals surface area (Å²) in [6.07, 6.45) is 25.1. The molecule has 0 aromatic rings. The molecule has 0 aromatic heterocycles. The molecule has 0 aliphatic carbocycles. The molecule has 2 N–H and O–H groups in total. The van der Waals surface area contributed by atoms with Crippen LogP contribution >= 0.6 is 0 Å². The molecule has 0 radical (unpaired) electrons. The minimum Gasteiger partial charge on any atom is -0.455 e. The van der Waals surface area contributed by atoms with Crippen LogP contribution in [0, 0.1) is 0 Å². The molecule has 0 spiro atoms. The quantitative estimate of drug-likeness (QED) is 0.0786. The molecule has 0 aromatic carbocycles. The summed E-state index contributed by atoms with van der Waals surface area (Å²) in [6.45, 7) is 4.06. The monoisotopic (exact) mass is 582 g/mol. The standard InChI is InChI=1S/C35H63FO5/c1-3-4-5-6-7-8-9-13-16-19-22-31(37)33-24-25-34(41-33)32(38)23-20-17-14-11-10-12-15-18-21-30(36)27-29-26-28(2)40-35(29)39/h26,28,30-34,37-38H,3-25,27H2,1-2H3/t28-,30+,31+,32+,33+,34+/m0/s1. The topological polar surface area (TPSA) is 76.0 Å². The van der Waals surface area contributed by atoms with Crippen molar-refractivity contribution < 1.29 is 28.9 Å². The van der Waals surface area contributed by atoms with Gasteiger partial charge in [0.25, 0.3) is 0 Å². The third-order valence-electron chi connectivity index (χ3n) is 9.00. The van der Waals surface area contributed by atoms with Crippen molar-refractivity contribution in [1.29, 1.82) is 0 Å². The maximum atomic E-state index is 14.1. The van der Waals surface area contributed by atoms with Crippen LogP contribution in [0.15, 0.2) is 11.6 Å².